The van der Waals surface area contributed by atoms with Crippen molar-refractivity contribution in [2.24, 2.45) is 5.73 Å². The van der Waals surface area contributed by atoms with Crippen LogP contribution in [-0.4, -0.2) is 11.6 Å². The molecular weight excluding hydrogens is 176 g/mol. The molecule has 0 amide bonds. The van der Waals surface area contributed by atoms with E-state index in [1.165, 1.54) is 0 Å². The molecule has 1 heterocycles. The molecule has 1 rings (SSSR count). The Kier molecular flexibility index (Phi) is 4.40. The Morgan fingerprint density at radius 3 is 2.79 bits per heavy atom. The number of hydrogen-bond acceptors (Lipinski definition) is 3. The van der Waals surface area contributed by atoms with Crippen LogP contribution < -0.4 is 10.5 Å². The summed E-state index contributed by atoms with van der Waals surface area (Å²) in [4.78, 5) is 4.17. The van der Waals surface area contributed by atoms with E-state index in [1.807, 2.05) is 19.1 Å². The molecule has 0 aliphatic rings. The number of pyridine rings is 1. The second-order valence-corrected chi connectivity index (χ2v) is 3.42. The summed E-state index contributed by atoms with van der Waals surface area (Å²) in [7, 11) is 0. The molecule has 0 aliphatic carbocycles. The summed E-state index contributed by atoms with van der Waals surface area (Å²) in [6.07, 6.45) is 3.97. The van der Waals surface area contributed by atoms with E-state index in [1.54, 1.807) is 6.20 Å². The Morgan fingerprint density at radius 1 is 1.50 bits per heavy atom. The highest BCUT2D eigenvalue weighted by atomic mass is 16.5. The van der Waals surface area contributed by atoms with Gasteiger partial charge in [0.25, 0.3) is 0 Å². The highest BCUT2D eigenvalue weighted by Gasteiger charge is 2.00. The Hall–Kier alpha value is -1.09. The summed E-state index contributed by atoms with van der Waals surface area (Å²) >= 11 is 0. The Balaban J connectivity index is 2.47. The minimum atomic E-state index is 0.0344. The molecular formula is C11H18N2O. The number of nitrogens with two attached hydrogens (primary N) is 1. The van der Waals surface area contributed by atoms with Crippen LogP contribution in [0.1, 0.15) is 38.3 Å². The molecule has 78 valence electrons. The fourth-order valence-electron chi connectivity index (χ4n) is 1.07. The molecule has 1 aromatic rings. The second-order valence-electron chi connectivity index (χ2n) is 3.42. The standard InChI is InChI=1S/C11H18N2O/c1-3-4-7-14-11-6-5-10(8-13-11)9(2)12/h5-6,8-9H,3-4,7,12H2,1-2H3. The molecule has 1 aromatic heterocycles. The van der Waals surface area contributed by atoms with Crippen LogP contribution in [0.25, 0.3) is 0 Å². The average Bonchev–Trinajstić information content (AvgIpc) is 2.19. The number of hydrogen-bond donors (Lipinski definition) is 1. The van der Waals surface area contributed by atoms with E-state index < -0.39 is 0 Å². The highest BCUT2D eigenvalue weighted by Crippen LogP contribution is 2.12. The largest absolute Gasteiger partial charge is 0.478 e. The summed E-state index contributed by atoms with van der Waals surface area (Å²) in [6.45, 7) is 4.81. The lowest BCUT2D eigenvalue weighted by molar-refractivity contribution is 0.297. The molecule has 0 aromatic carbocycles. The summed E-state index contributed by atoms with van der Waals surface area (Å²) in [5.41, 5.74) is 6.74. The average molecular weight is 194 g/mol. The number of rotatable bonds is 5. The summed E-state index contributed by atoms with van der Waals surface area (Å²) in [6, 6.07) is 3.86. The third kappa shape index (κ3) is 3.34. The van der Waals surface area contributed by atoms with Gasteiger partial charge in [0.1, 0.15) is 0 Å². The van der Waals surface area contributed by atoms with Crippen LogP contribution in [0.3, 0.4) is 0 Å². The van der Waals surface area contributed by atoms with Gasteiger partial charge in [-0.05, 0) is 18.9 Å². The van der Waals surface area contributed by atoms with Gasteiger partial charge in [-0.2, -0.15) is 0 Å². The first-order valence-corrected chi connectivity index (χ1v) is 5.08. The zero-order valence-corrected chi connectivity index (χ0v) is 8.86. The van der Waals surface area contributed by atoms with E-state index in [4.69, 9.17) is 10.5 Å². The maximum Gasteiger partial charge on any atom is 0.213 e. The minimum absolute atomic E-state index is 0.0344. The summed E-state index contributed by atoms with van der Waals surface area (Å²) < 4.78 is 5.43. The van der Waals surface area contributed by atoms with Gasteiger partial charge in [-0.1, -0.05) is 19.4 Å². The van der Waals surface area contributed by atoms with E-state index >= 15 is 0 Å². The SMILES string of the molecule is CCCCOc1ccc(C(C)N)cn1. The Morgan fingerprint density at radius 2 is 2.29 bits per heavy atom. The third-order valence-corrected chi connectivity index (χ3v) is 2.03. The van der Waals surface area contributed by atoms with E-state index in [2.05, 4.69) is 11.9 Å². The van der Waals surface area contributed by atoms with Crippen LogP contribution in [0, 0.1) is 0 Å². The van der Waals surface area contributed by atoms with E-state index in [0.717, 1.165) is 25.0 Å². The van der Waals surface area contributed by atoms with Crippen molar-refractivity contribution in [3.05, 3.63) is 23.9 Å². The lowest BCUT2D eigenvalue weighted by Gasteiger charge is -2.07. The molecule has 1 unspecified atom stereocenters. The van der Waals surface area contributed by atoms with E-state index in [-0.39, 0.29) is 6.04 Å². The first-order valence-electron chi connectivity index (χ1n) is 5.08. The van der Waals surface area contributed by atoms with Crippen molar-refractivity contribution in [1.29, 1.82) is 0 Å². The van der Waals surface area contributed by atoms with Gasteiger partial charge < -0.3 is 10.5 Å². The molecule has 0 radical (unpaired) electrons. The molecule has 0 saturated carbocycles. The number of unbranched alkanes of at least 4 members (excludes halogenated alkanes) is 1. The normalized spacial score (nSPS) is 12.5. The lowest BCUT2D eigenvalue weighted by atomic mass is 10.2. The number of nitrogens with zero attached hydrogens (tertiary/aromatic N) is 1. The first-order chi connectivity index (χ1) is 6.74. The van der Waals surface area contributed by atoms with Crippen molar-refractivity contribution < 1.29 is 4.74 Å². The minimum Gasteiger partial charge on any atom is -0.478 e. The molecule has 3 nitrogen and oxygen atoms in total. The second kappa shape index (κ2) is 5.60. The van der Waals surface area contributed by atoms with Crippen molar-refractivity contribution in [3.63, 3.8) is 0 Å². The molecule has 14 heavy (non-hydrogen) atoms. The number of ether oxygens (including phenoxy) is 1. The van der Waals surface area contributed by atoms with Gasteiger partial charge in [0.2, 0.25) is 5.88 Å². The molecule has 3 heteroatoms. The highest BCUT2D eigenvalue weighted by molar-refractivity contribution is 5.19. The fourth-order valence-corrected chi connectivity index (χ4v) is 1.07. The van der Waals surface area contributed by atoms with Crippen LogP contribution in [-0.2, 0) is 0 Å². The van der Waals surface area contributed by atoms with Gasteiger partial charge >= 0.3 is 0 Å². The maximum absolute atomic E-state index is 5.70. The lowest BCUT2D eigenvalue weighted by Crippen LogP contribution is -2.05. The first kappa shape index (κ1) is 11.0. The maximum atomic E-state index is 5.70. The van der Waals surface area contributed by atoms with Crippen LogP contribution in [0.15, 0.2) is 18.3 Å². The van der Waals surface area contributed by atoms with Crippen molar-refractivity contribution in [1.82, 2.24) is 4.98 Å². The molecule has 0 fully saturated rings. The van der Waals surface area contributed by atoms with E-state index in [0.29, 0.717) is 5.88 Å². The van der Waals surface area contributed by atoms with E-state index in [9.17, 15) is 0 Å². The van der Waals surface area contributed by atoms with Gasteiger partial charge in [0.15, 0.2) is 0 Å². The van der Waals surface area contributed by atoms with Gasteiger partial charge in [-0.3, -0.25) is 0 Å². The monoisotopic (exact) mass is 194 g/mol. The molecule has 1 atom stereocenters. The van der Waals surface area contributed by atoms with Crippen LogP contribution >= 0.6 is 0 Å². The van der Waals surface area contributed by atoms with Gasteiger partial charge in [0, 0.05) is 18.3 Å². The van der Waals surface area contributed by atoms with Gasteiger partial charge in [0.05, 0.1) is 6.61 Å². The zero-order chi connectivity index (χ0) is 10.4. The predicted molar refractivity (Wildman–Crippen MR) is 57.2 cm³/mol. The van der Waals surface area contributed by atoms with Gasteiger partial charge in [-0.25, -0.2) is 4.98 Å². The van der Waals surface area contributed by atoms with Gasteiger partial charge in [-0.15, -0.1) is 0 Å². The zero-order valence-electron chi connectivity index (χ0n) is 8.86. The van der Waals surface area contributed by atoms with Crippen molar-refractivity contribution in [2.45, 2.75) is 32.7 Å². The van der Waals surface area contributed by atoms with Crippen LogP contribution in [0.2, 0.25) is 0 Å². The quantitative estimate of drug-likeness (QED) is 0.731. The van der Waals surface area contributed by atoms with Crippen LogP contribution in [0.4, 0.5) is 0 Å². The van der Waals surface area contributed by atoms with Crippen molar-refractivity contribution in [2.75, 3.05) is 6.61 Å². The third-order valence-electron chi connectivity index (χ3n) is 2.03. The Bertz CT molecular complexity index is 256. The molecule has 0 bridgehead atoms. The molecule has 0 spiro atoms. The van der Waals surface area contributed by atoms with Crippen LogP contribution in [0.5, 0.6) is 5.88 Å². The predicted octanol–water partition coefficient (Wildman–Crippen LogP) is 2.28. The fraction of sp³-hybridized carbons (Fsp3) is 0.545. The molecule has 2 N–H and O–H groups in total. The smallest absolute Gasteiger partial charge is 0.213 e. The molecule has 0 saturated heterocycles. The summed E-state index contributed by atoms with van der Waals surface area (Å²) in [5, 5.41) is 0. The summed E-state index contributed by atoms with van der Waals surface area (Å²) in [5.74, 6) is 0.683. The molecule has 0 aliphatic heterocycles. The van der Waals surface area contributed by atoms with Crippen molar-refractivity contribution in [3.8, 4) is 5.88 Å². The topological polar surface area (TPSA) is 48.1 Å². The Labute approximate surface area is 85.3 Å². The van der Waals surface area contributed by atoms with Crippen molar-refractivity contribution >= 4 is 0 Å². The number of aromatic nitrogens is 1.